The van der Waals surface area contributed by atoms with Crippen LogP contribution < -0.4 is 14.8 Å². The molecular formula is C18H21N5O3S2. The van der Waals surface area contributed by atoms with E-state index in [0.717, 1.165) is 11.5 Å². The van der Waals surface area contributed by atoms with Crippen molar-refractivity contribution in [2.24, 2.45) is 0 Å². The van der Waals surface area contributed by atoms with Crippen molar-refractivity contribution >= 4 is 34.1 Å². The van der Waals surface area contributed by atoms with Crippen LogP contribution in [0.1, 0.15) is 25.8 Å². The smallest absolute Gasteiger partial charge is 0.236 e. The van der Waals surface area contributed by atoms with Crippen LogP contribution in [0.25, 0.3) is 0 Å². The van der Waals surface area contributed by atoms with Crippen LogP contribution in [-0.4, -0.2) is 38.5 Å². The van der Waals surface area contributed by atoms with Gasteiger partial charge in [-0.2, -0.15) is 0 Å². The first kappa shape index (κ1) is 20.2. The number of hydrogen-bond acceptors (Lipinski definition) is 8. The lowest BCUT2D eigenvalue weighted by Crippen LogP contribution is -2.15. The summed E-state index contributed by atoms with van der Waals surface area (Å²) in [5.41, 5.74) is 0. The molecule has 3 aromatic rings. The van der Waals surface area contributed by atoms with E-state index in [-0.39, 0.29) is 17.8 Å². The summed E-state index contributed by atoms with van der Waals surface area (Å²) in [6.45, 7) is 4.60. The second kappa shape index (κ2) is 9.56. The lowest BCUT2D eigenvalue weighted by atomic mass is 10.3. The second-order valence-corrected chi connectivity index (χ2v) is 7.53. The van der Waals surface area contributed by atoms with Gasteiger partial charge in [0, 0.05) is 18.1 Å². The van der Waals surface area contributed by atoms with Gasteiger partial charge in [-0.1, -0.05) is 11.8 Å². The highest BCUT2D eigenvalue weighted by Crippen LogP contribution is 2.26. The molecule has 148 valence electrons. The third-order valence-corrected chi connectivity index (χ3v) is 5.46. The van der Waals surface area contributed by atoms with Crippen molar-refractivity contribution in [3.63, 3.8) is 0 Å². The molecule has 1 amide bonds. The highest BCUT2D eigenvalue weighted by Gasteiger charge is 2.19. The van der Waals surface area contributed by atoms with E-state index in [1.165, 1.54) is 23.1 Å². The Hall–Kier alpha value is -2.59. The highest BCUT2D eigenvalue weighted by molar-refractivity contribution is 7.99. The number of thioether (sulfide) groups is 1. The van der Waals surface area contributed by atoms with Crippen LogP contribution in [0.2, 0.25) is 0 Å². The van der Waals surface area contributed by atoms with Crippen LogP contribution in [0.3, 0.4) is 0 Å². The van der Waals surface area contributed by atoms with Gasteiger partial charge in [-0.15, -0.1) is 21.5 Å². The third kappa shape index (κ3) is 5.02. The highest BCUT2D eigenvalue weighted by atomic mass is 32.2. The van der Waals surface area contributed by atoms with Crippen molar-refractivity contribution < 1.29 is 14.3 Å². The number of amides is 1. The molecule has 0 spiro atoms. The molecule has 0 saturated carbocycles. The fourth-order valence-electron chi connectivity index (χ4n) is 2.49. The number of aromatic nitrogens is 4. The van der Waals surface area contributed by atoms with Crippen LogP contribution in [0, 0.1) is 0 Å². The molecule has 0 aliphatic carbocycles. The van der Waals surface area contributed by atoms with Gasteiger partial charge in [0.1, 0.15) is 11.5 Å². The topological polar surface area (TPSA) is 91.2 Å². The number of nitrogens with zero attached hydrogens (tertiary/aromatic N) is 4. The summed E-state index contributed by atoms with van der Waals surface area (Å²) < 4.78 is 13.1. The van der Waals surface area contributed by atoms with Gasteiger partial charge in [0.05, 0.1) is 12.9 Å². The summed E-state index contributed by atoms with van der Waals surface area (Å²) in [7, 11) is 1.62. The standard InChI is InChI=1S/C18H21N5O3S2/c1-4-23-16(12(2)26-14-7-5-13(25-3)6-8-14)21-22-18(23)28-11-15(24)20-17-19-9-10-27-17/h5-10,12H,4,11H2,1-3H3,(H,19,20,24)/t12-/m1/s1. The van der Waals surface area contributed by atoms with Gasteiger partial charge in [-0.05, 0) is 38.1 Å². The van der Waals surface area contributed by atoms with E-state index in [1.54, 1.807) is 13.3 Å². The summed E-state index contributed by atoms with van der Waals surface area (Å²) in [4.78, 5) is 16.1. The number of methoxy groups -OCH3 is 1. The largest absolute Gasteiger partial charge is 0.497 e. The molecule has 0 unspecified atom stereocenters. The van der Waals surface area contributed by atoms with Gasteiger partial charge in [0.2, 0.25) is 5.91 Å². The molecule has 10 heteroatoms. The lowest BCUT2D eigenvalue weighted by Gasteiger charge is -2.15. The SMILES string of the molecule is CCn1c(SCC(=O)Nc2nccs2)nnc1[C@@H](C)Oc1ccc(OC)cc1. The van der Waals surface area contributed by atoms with Crippen LogP contribution in [-0.2, 0) is 11.3 Å². The predicted octanol–water partition coefficient (Wildman–Crippen LogP) is 3.63. The van der Waals surface area contributed by atoms with E-state index in [0.29, 0.717) is 22.7 Å². The maximum atomic E-state index is 12.1. The number of anilines is 1. The summed E-state index contributed by atoms with van der Waals surface area (Å²) in [6, 6.07) is 7.38. The first-order valence-corrected chi connectivity index (χ1v) is 10.5. The number of thiazole rings is 1. The minimum Gasteiger partial charge on any atom is -0.497 e. The molecule has 28 heavy (non-hydrogen) atoms. The predicted molar refractivity (Wildman–Crippen MR) is 109 cm³/mol. The summed E-state index contributed by atoms with van der Waals surface area (Å²) in [5.74, 6) is 2.30. The van der Waals surface area contributed by atoms with E-state index in [1.807, 2.05) is 48.1 Å². The Labute approximate surface area is 171 Å². The first-order chi connectivity index (χ1) is 13.6. The van der Waals surface area contributed by atoms with Crippen molar-refractivity contribution in [3.05, 3.63) is 41.7 Å². The van der Waals surface area contributed by atoms with E-state index in [4.69, 9.17) is 9.47 Å². The van der Waals surface area contributed by atoms with E-state index < -0.39 is 0 Å². The van der Waals surface area contributed by atoms with Crippen molar-refractivity contribution in [2.45, 2.75) is 31.7 Å². The van der Waals surface area contributed by atoms with Crippen LogP contribution >= 0.6 is 23.1 Å². The van der Waals surface area contributed by atoms with Gasteiger partial charge in [0.15, 0.2) is 22.2 Å². The molecule has 0 saturated heterocycles. The molecule has 0 bridgehead atoms. The Morgan fingerprint density at radius 3 is 2.68 bits per heavy atom. The van der Waals surface area contributed by atoms with Crippen LogP contribution in [0.5, 0.6) is 11.5 Å². The second-order valence-electron chi connectivity index (χ2n) is 5.69. The first-order valence-electron chi connectivity index (χ1n) is 8.66. The van der Waals surface area contributed by atoms with Crippen molar-refractivity contribution in [1.82, 2.24) is 19.7 Å². The third-order valence-electron chi connectivity index (χ3n) is 3.81. The Morgan fingerprint density at radius 2 is 2.04 bits per heavy atom. The maximum Gasteiger partial charge on any atom is 0.236 e. The fraction of sp³-hybridized carbons (Fsp3) is 0.333. The van der Waals surface area contributed by atoms with Gasteiger partial charge in [0.25, 0.3) is 0 Å². The monoisotopic (exact) mass is 419 g/mol. The molecule has 0 radical (unpaired) electrons. The average molecular weight is 420 g/mol. The molecule has 2 heterocycles. The quantitative estimate of drug-likeness (QED) is 0.530. The minimum atomic E-state index is -0.292. The zero-order valence-corrected chi connectivity index (χ0v) is 17.4. The zero-order chi connectivity index (χ0) is 19.9. The number of carbonyl (C=O) groups is 1. The zero-order valence-electron chi connectivity index (χ0n) is 15.8. The molecule has 3 rings (SSSR count). The average Bonchev–Trinajstić information content (AvgIpc) is 3.36. The maximum absolute atomic E-state index is 12.1. The minimum absolute atomic E-state index is 0.130. The van der Waals surface area contributed by atoms with Crippen LogP contribution in [0.15, 0.2) is 41.0 Å². The fourth-order valence-corrected chi connectivity index (χ4v) is 3.84. The Balaban J connectivity index is 1.62. The Bertz CT molecular complexity index is 897. The van der Waals surface area contributed by atoms with E-state index in [9.17, 15) is 4.79 Å². The Kier molecular flexibility index (Phi) is 6.88. The van der Waals surface area contributed by atoms with Crippen molar-refractivity contribution in [1.29, 1.82) is 0 Å². The number of carbonyl (C=O) groups excluding carboxylic acids is 1. The molecule has 0 aliphatic rings. The molecule has 8 nitrogen and oxygen atoms in total. The Morgan fingerprint density at radius 1 is 1.29 bits per heavy atom. The van der Waals surface area contributed by atoms with Gasteiger partial charge >= 0.3 is 0 Å². The van der Waals surface area contributed by atoms with Crippen LogP contribution in [0.4, 0.5) is 5.13 Å². The van der Waals surface area contributed by atoms with Crippen molar-refractivity contribution in [3.8, 4) is 11.5 Å². The van der Waals surface area contributed by atoms with Gasteiger partial charge < -0.3 is 19.4 Å². The number of rotatable bonds is 9. The number of nitrogens with one attached hydrogen (secondary N) is 1. The van der Waals surface area contributed by atoms with Gasteiger partial charge in [-0.3, -0.25) is 4.79 Å². The molecular weight excluding hydrogens is 398 g/mol. The van der Waals surface area contributed by atoms with Gasteiger partial charge in [-0.25, -0.2) is 4.98 Å². The molecule has 1 N–H and O–H groups in total. The summed E-state index contributed by atoms with van der Waals surface area (Å²) in [5, 5.41) is 14.3. The van der Waals surface area contributed by atoms with E-state index in [2.05, 4.69) is 20.5 Å². The van der Waals surface area contributed by atoms with E-state index >= 15 is 0 Å². The number of hydrogen-bond donors (Lipinski definition) is 1. The molecule has 0 fully saturated rings. The molecule has 0 aliphatic heterocycles. The summed E-state index contributed by atoms with van der Waals surface area (Å²) in [6.07, 6.45) is 1.36. The lowest BCUT2D eigenvalue weighted by molar-refractivity contribution is -0.113. The molecule has 2 aromatic heterocycles. The molecule has 1 atom stereocenters. The molecule has 1 aromatic carbocycles. The normalized spacial score (nSPS) is 11.8. The summed E-state index contributed by atoms with van der Waals surface area (Å²) >= 11 is 2.71. The number of ether oxygens (including phenoxy) is 2. The number of benzene rings is 1. The van der Waals surface area contributed by atoms with Crippen molar-refractivity contribution in [2.75, 3.05) is 18.2 Å².